The lowest BCUT2D eigenvalue weighted by Gasteiger charge is -2.52. The molecule has 4 amide bonds. The number of thiazole rings is 1. The maximum absolute atomic E-state index is 14.7. The van der Waals surface area contributed by atoms with Crippen molar-refractivity contribution in [3.05, 3.63) is 58.2 Å². The molecule has 66 heavy (non-hydrogen) atoms. The fourth-order valence-electron chi connectivity index (χ4n) is 10.5. The number of esters is 1. The molecule has 0 aliphatic carbocycles. The molecule has 1 spiro atoms. The third-order valence-electron chi connectivity index (χ3n) is 13.7. The molecule has 4 aliphatic heterocycles. The molecule has 3 aromatic rings. The zero-order valence-corrected chi connectivity index (χ0v) is 41.2. The van der Waals surface area contributed by atoms with Crippen LogP contribution in [0.2, 0.25) is 0 Å². The number of fused-ring (bicyclic) bond motifs is 6. The van der Waals surface area contributed by atoms with Gasteiger partial charge in [-0.25, -0.2) is 14.6 Å². The first-order chi connectivity index (χ1) is 31.3. The summed E-state index contributed by atoms with van der Waals surface area (Å²) in [6, 6.07) is 3.99. The number of amides is 4. The van der Waals surface area contributed by atoms with Crippen molar-refractivity contribution in [3.8, 4) is 11.3 Å². The molecule has 0 radical (unpaired) electrons. The number of methoxy groups -OCH3 is 1. The van der Waals surface area contributed by atoms with Crippen LogP contribution in [-0.2, 0) is 43.2 Å². The first-order valence-corrected chi connectivity index (χ1v) is 24.2. The van der Waals surface area contributed by atoms with Gasteiger partial charge in [0.2, 0.25) is 11.6 Å². The average molecular weight is 928 g/mol. The van der Waals surface area contributed by atoms with Crippen molar-refractivity contribution in [1.82, 2.24) is 40.0 Å². The van der Waals surface area contributed by atoms with Gasteiger partial charge in [-0.1, -0.05) is 46.4 Å². The molecule has 16 nitrogen and oxygen atoms in total. The van der Waals surface area contributed by atoms with Crippen molar-refractivity contribution in [2.45, 2.75) is 123 Å². The molecule has 4 atom stereocenters. The van der Waals surface area contributed by atoms with Crippen molar-refractivity contribution in [1.29, 1.82) is 0 Å². The highest BCUT2D eigenvalue weighted by molar-refractivity contribution is 7.10. The number of likely N-dealkylation sites (tertiary alicyclic amines) is 2. The van der Waals surface area contributed by atoms with Gasteiger partial charge >= 0.3 is 12.0 Å². The average Bonchev–Trinajstić information content (AvgIpc) is 4.00. The van der Waals surface area contributed by atoms with Gasteiger partial charge in [-0.2, -0.15) is 5.43 Å². The normalized spacial score (nSPS) is 23.7. The van der Waals surface area contributed by atoms with E-state index in [1.165, 1.54) is 21.2 Å². The van der Waals surface area contributed by atoms with Crippen molar-refractivity contribution in [2.24, 2.45) is 16.3 Å². The molecule has 7 rings (SSSR count). The zero-order chi connectivity index (χ0) is 47.9. The molecule has 6 bridgehead atoms. The van der Waals surface area contributed by atoms with Gasteiger partial charge in [0.15, 0.2) is 0 Å². The molecule has 3 saturated heterocycles. The number of hydrazine groups is 1. The van der Waals surface area contributed by atoms with Crippen LogP contribution in [0.3, 0.4) is 0 Å². The van der Waals surface area contributed by atoms with Gasteiger partial charge < -0.3 is 39.2 Å². The van der Waals surface area contributed by atoms with Crippen LogP contribution in [0.15, 0.2) is 46.9 Å². The second-order valence-corrected chi connectivity index (χ2v) is 20.6. The van der Waals surface area contributed by atoms with Gasteiger partial charge in [0.1, 0.15) is 12.1 Å². The Labute approximate surface area is 393 Å². The summed E-state index contributed by atoms with van der Waals surface area (Å²) in [7, 11) is 5.35. The topological polar surface area (TPSA) is 174 Å². The number of nitrogens with zero attached hydrogens (tertiary/aromatic N) is 7. The Kier molecular flexibility index (Phi) is 14.4. The van der Waals surface area contributed by atoms with E-state index in [1.54, 1.807) is 20.4 Å². The number of carbonyl (C=O) groups excluding carboxylic acids is 4. The Balaban J connectivity index is 1.30. The number of cyclic esters (lactones) is 1. The van der Waals surface area contributed by atoms with Crippen LogP contribution in [0.1, 0.15) is 90.4 Å². The molecule has 0 saturated carbocycles. The van der Waals surface area contributed by atoms with E-state index in [-0.39, 0.29) is 56.0 Å². The number of nitrogens with one attached hydrogen (secondary N) is 2. The highest BCUT2D eigenvalue weighted by Gasteiger charge is 2.52. The van der Waals surface area contributed by atoms with Gasteiger partial charge in [0.25, 0.3) is 5.91 Å². The number of aliphatic imine (C=N–C) groups is 1. The lowest BCUT2D eigenvalue weighted by atomic mass is 9.84. The molecule has 3 N–H and O–H groups in total. The van der Waals surface area contributed by atoms with Crippen LogP contribution < -0.4 is 10.7 Å². The van der Waals surface area contributed by atoms with Crippen molar-refractivity contribution < 1.29 is 33.8 Å². The number of carbonyl (C=O) groups is 4. The lowest BCUT2D eigenvalue weighted by Crippen LogP contribution is -2.70. The third-order valence-corrected chi connectivity index (χ3v) is 14.6. The molecule has 4 aliphatic rings. The predicted molar refractivity (Wildman–Crippen MR) is 258 cm³/mol. The maximum Gasteiger partial charge on any atom is 0.355 e. The molecule has 0 unspecified atom stereocenters. The van der Waals surface area contributed by atoms with Gasteiger partial charge in [0, 0.05) is 98.8 Å². The minimum absolute atomic E-state index is 0.00182. The summed E-state index contributed by atoms with van der Waals surface area (Å²) in [5.74, 6) is -2.24. The Morgan fingerprint density at radius 3 is 2.56 bits per heavy atom. The fraction of sp³-hybridized carbons (Fsp3) is 0.592. The minimum atomic E-state index is -2.22. The van der Waals surface area contributed by atoms with Gasteiger partial charge in [0.05, 0.1) is 40.3 Å². The largest absolute Gasteiger partial charge is 0.462 e. The number of rotatable bonds is 10. The standard InChI is InChI=1S/C49H69N9O7S/c1-12-33(40(50-13-2)31(6)64-11)42-35-25-47(7,8)29-65-45(61)49(63)20-16-22-58(53-49)44(60)36(24-39-51-37(26-66-39)32-17-18-38(34(35)23-32)56(42)14-3)52-43(59)41(30(4)5)55(10)46(62)57-21-15-19-48(57)27-54(9)28-48/h12-13,17-18,23,26,30-31,36,41,53,63H,1,14-16,19-22,24-25,27-29H2,2-11H3,(H,52,59)/b40-33+,50-13-/t31-,36-,41-,49-/m0/s1. The van der Waals surface area contributed by atoms with Crippen LogP contribution in [0, 0.1) is 11.3 Å². The van der Waals surface area contributed by atoms with Gasteiger partial charge in [-0.05, 0) is 77.1 Å². The maximum atomic E-state index is 14.7. The second-order valence-electron chi connectivity index (χ2n) is 19.7. The Morgan fingerprint density at radius 1 is 1.18 bits per heavy atom. The van der Waals surface area contributed by atoms with Crippen molar-refractivity contribution in [3.63, 3.8) is 0 Å². The first-order valence-electron chi connectivity index (χ1n) is 23.3. The van der Waals surface area contributed by atoms with Crippen molar-refractivity contribution >= 4 is 57.8 Å². The summed E-state index contributed by atoms with van der Waals surface area (Å²) in [6.07, 6.45) is 5.82. The molecule has 1 aromatic carbocycles. The monoisotopic (exact) mass is 928 g/mol. The quantitative estimate of drug-likeness (QED) is 0.131. The number of aryl methyl sites for hydroxylation is 1. The predicted octanol–water partition coefficient (Wildman–Crippen LogP) is 5.63. The molecular formula is C49H69N9O7S. The number of ether oxygens (including phenoxy) is 2. The van der Waals surface area contributed by atoms with E-state index in [2.05, 4.69) is 45.8 Å². The highest BCUT2D eigenvalue weighted by Crippen LogP contribution is 2.41. The third kappa shape index (κ3) is 9.33. The Bertz CT molecular complexity index is 2410. The number of aromatic nitrogens is 2. The molecule has 3 fully saturated rings. The van der Waals surface area contributed by atoms with E-state index in [0.717, 1.165) is 64.9 Å². The Morgan fingerprint density at radius 2 is 1.91 bits per heavy atom. The number of aliphatic hydroxyl groups is 1. The van der Waals surface area contributed by atoms with E-state index < -0.39 is 41.0 Å². The van der Waals surface area contributed by atoms with E-state index in [9.17, 15) is 24.3 Å². The summed E-state index contributed by atoms with van der Waals surface area (Å²) in [4.78, 5) is 72.9. The lowest BCUT2D eigenvalue weighted by molar-refractivity contribution is -0.189. The summed E-state index contributed by atoms with van der Waals surface area (Å²) in [6.45, 7) is 20.9. The summed E-state index contributed by atoms with van der Waals surface area (Å²) >= 11 is 1.38. The number of hydrogen-bond acceptors (Lipinski definition) is 12. The number of hydrogen-bond donors (Lipinski definition) is 3. The van der Waals surface area contributed by atoms with Crippen LogP contribution in [-0.4, -0.2) is 148 Å². The number of likely N-dealkylation sites (N-methyl/N-ethyl adjacent to an activating group) is 2. The van der Waals surface area contributed by atoms with Crippen LogP contribution in [0.4, 0.5) is 4.79 Å². The van der Waals surface area contributed by atoms with Crippen LogP contribution in [0.5, 0.6) is 0 Å². The second kappa shape index (κ2) is 19.3. The first kappa shape index (κ1) is 49.0. The molecule has 6 heterocycles. The highest BCUT2D eigenvalue weighted by atomic mass is 32.1. The summed E-state index contributed by atoms with van der Waals surface area (Å²) in [5.41, 5.74) is 5.75. The minimum Gasteiger partial charge on any atom is -0.462 e. The van der Waals surface area contributed by atoms with E-state index in [0.29, 0.717) is 30.2 Å². The fourth-order valence-corrected chi connectivity index (χ4v) is 11.4. The Hall–Kier alpha value is -4.94. The SMILES string of the molecule is C=C/C(=C(\N=C/C)[C@H](C)OC)c1c2c3cc(ccc3n1CC)-c1csc(n1)C[C@H](NC(=O)[C@H](C(C)C)N(C)C(=O)N1CCCC13CN(C)C3)C(=O)N1CCC[C@@](O)(N1)C(=O)OCC(C)(C)C2. The smallest absolute Gasteiger partial charge is 0.355 e. The van der Waals surface area contributed by atoms with E-state index in [1.807, 2.05) is 71.0 Å². The molecule has 2 aromatic heterocycles. The van der Waals surface area contributed by atoms with E-state index in [4.69, 9.17) is 19.5 Å². The van der Waals surface area contributed by atoms with E-state index >= 15 is 0 Å². The summed E-state index contributed by atoms with van der Waals surface area (Å²) in [5, 5.41) is 19.6. The number of allylic oxidation sites excluding steroid dienone is 2. The number of benzene rings is 1. The van der Waals surface area contributed by atoms with Crippen LogP contribution in [0.25, 0.3) is 27.7 Å². The van der Waals surface area contributed by atoms with Crippen LogP contribution >= 0.6 is 11.3 Å². The molecule has 358 valence electrons. The summed E-state index contributed by atoms with van der Waals surface area (Å²) < 4.78 is 14.0. The van der Waals surface area contributed by atoms with Gasteiger partial charge in [-0.15, -0.1) is 11.3 Å². The molecule has 17 heteroatoms. The number of urea groups is 1. The van der Waals surface area contributed by atoms with Crippen molar-refractivity contribution in [2.75, 3.05) is 54.0 Å². The zero-order valence-electron chi connectivity index (χ0n) is 40.4. The molecular weight excluding hydrogens is 859 g/mol. The van der Waals surface area contributed by atoms with Gasteiger partial charge in [-0.3, -0.25) is 19.6 Å².